The molecule has 0 radical (unpaired) electrons. The highest BCUT2D eigenvalue weighted by Crippen LogP contribution is 2.28. The highest BCUT2D eigenvalue weighted by atomic mass is 16.5. The predicted molar refractivity (Wildman–Crippen MR) is 128 cm³/mol. The van der Waals surface area contributed by atoms with E-state index in [-0.39, 0.29) is 11.8 Å². The summed E-state index contributed by atoms with van der Waals surface area (Å²) in [5.74, 6) is 1.00. The molecule has 1 N–H and O–H groups in total. The van der Waals surface area contributed by atoms with Crippen LogP contribution in [-0.4, -0.2) is 21.0 Å². The number of carbonyl (C=O) groups excluding carboxylic acids is 1. The number of ether oxygens (including phenoxy) is 1. The van der Waals surface area contributed by atoms with Crippen LogP contribution < -0.4 is 10.1 Å². The number of nitrogens with one attached hydrogen (secondary N) is 1. The van der Waals surface area contributed by atoms with E-state index in [1.807, 2.05) is 66.7 Å². The molecule has 2 aromatic heterocycles. The van der Waals surface area contributed by atoms with Crippen molar-refractivity contribution in [1.82, 2.24) is 15.1 Å². The summed E-state index contributed by atoms with van der Waals surface area (Å²) in [6.45, 7) is 0.421. The largest absolute Gasteiger partial charge is 0.489 e. The van der Waals surface area contributed by atoms with Crippen molar-refractivity contribution in [2.75, 3.05) is 5.32 Å². The number of hydrogen-bond donors (Lipinski definition) is 1. The summed E-state index contributed by atoms with van der Waals surface area (Å²) in [6, 6.07) is 29.7. The average Bonchev–Trinajstić information content (AvgIpc) is 3.39. The second-order valence-corrected chi connectivity index (χ2v) is 7.44. The van der Waals surface area contributed by atoms with Gasteiger partial charge in [0.25, 0.3) is 11.8 Å². The summed E-state index contributed by atoms with van der Waals surface area (Å²) in [6.07, 6.45) is 1.66. The number of rotatable bonds is 7. The maximum Gasteiger partial charge on any atom is 0.260 e. The Morgan fingerprint density at radius 1 is 0.882 bits per heavy atom. The Morgan fingerprint density at radius 2 is 1.71 bits per heavy atom. The molecule has 0 atom stereocenters. The number of nitrogens with zero attached hydrogens (tertiary/aromatic N) is 3. The number of carbonyl (C=O) groups is 1. The van der Waals surface area contributed by atoms with Crippen molar-refractivity contribution in [3.8, 4) is 28.7 Å². The summed E-state index contributed by atoms with van der Waals surface area (Å²) in [4.78, 5) is 21.7. The van der Waals surface area contributed by atoms with E-state index in [1.165, 1.54) is 0 Å². The van der Waals surface area contributed by atoms with E-state index in [4.69, 9.17) is 9.26 Å². The van der Waals surface area contributed by atoms with E-state index in [9.17, 15) is 4.79 Å². The SMILES string of the molecule is O=C(Nc1ccccc1-c1nc(-c2ccccn2)no1)c1cccc(OCc2ccccc2)c1. The smallest absolute Gasteiger partial charge is 0.260 e. The van der Waals surface area contributed by atoms with Gasteiger partial charge in [-0.25, -0.2) is 0 Å². The third kappa shape index (κ3) is 4.83. The first kappa shape index (κ1) is 21.1. The molecule has 1 amide bonds. The average molecular weight is 448 g/mol. The summed E-state index contributed by atoms with van der Waals surface area (Å²) >= 11 is 0. The van der Waals surface area contributed by atoms with Crippen LogP contribution in [0.15, 0.2) is 108 Å². The monoisotopic (exact) mass is 448 g/mol. The van der Waals surface area contributed by atoms with Gasteiger partial charge in [0.2, 0.25) is 5.82 Å². The Hall–Kier alpha value is -4.78. The summed E-state index contributed by atoms with van der Waals surface area (Å²) in [7, 11) is 0. The van der Waals surface area contributed by atoms with E-state index >= 15 is 0 Å². The summed E-state index contributed by atoms with van der Waals surface area (Å²) < 4.78 is 11.3. The third-order valence-corrected chi connectivity index (χ3v) is 5.07. The predicted octanol–water partition coefficient (Wildman–Crippen LogP) is 5.63. The number of anilines is 1. The van der Waals surface area contributed by atoms with Crippen LogP contribution >= 0.6 is 0 Å². The van der Waals surface area contributed by atoms with Crippen LogP contribution in [0.5, 0.6) is 5.75 Å². The molecule has 0 saturated carbocycles. The van der Waals surface area contributed by atoms with Crippen molar-refractivity contribution >= 4 is 11.6 Å². The second-order valence-electron chi connectivity index (χ2n) is 7.44. The fourth-order valence-corrected chi connectivity index (χ4v) is 3.37. The lowest BCUT2D eigenvalue weighted by molar-refractivity contribution is 0.102. The molecular weight excluding hydrogens is 428 g/mol. The molecule has 0 spiro atoms. The Balaban J connectivity index is 1.33. The van der Waals surface area contributed by atoms with Crippen molar-refractivity contribution in [1.29, 1.82) is 0 Å². The van der Waals surface area contributed by atoms with Gasteiger partial charge in [0, 0.05) is 11.8 Å². The van der Waals surface area contributed by atoms with Gasteiger partial charge in [-0.15, -0.1) is 0 Å². The van der Waals surface area contributed by atoms with Crippen LogP contribution in [0.3, 0.4) is 0 Å². The fraction of sp³-hybridized carbons (Fsp3) is 0.0370. The molecule has 3 aromatic carbocycles. The van der Waals surface area contributed by atoms with Gasteiger partial charge in [0.15, 0.2) is 0 Å². The molecule has 0 fully saturated rings. The van der Waals surface area contributed by atoms with E-state index < -0.39 is 0 Å². The number of amides is 1. The van der Waals surface area contributed by atoms with Crippen LogP contribution in [0.4, 0.5) is 5.69 Å². The first-order chi connectivity index (χ1) is 16.8. The second kappa shape index (κ2) is 9.79. The Labute approximate surface area is 196 Å². The molecule has 0 aliphatic heterocycles. The lowest BCUT2D eigenvalue weighted by Gasteiger charge is -2.10. The maximum absolute atomic E-state index is 13.0. The highest BCUT2D eigenvalue weighted by molar-refractivity contribution is 6.06. The molecule has 7 nitrogen and oxygen atoms in total. The molecule has 0 unspecified atom stereocenters. The van der Waals surface area contributed by atoms with Crippen LogP contribution in [0.25, 0.3) is 23.0 Å². The van der Waals surface area contributed by atoms with Gasteiger partial charge in [-0.05, 0) is 48.0 Å². The quantitative estimate of drug-likeness (QED) is 0.347. The minimum absolute atomic E-state index is 0.276. The summed E-state index contributed by atoms with van der Waals surface area (Å²) in [5, 5.41) is 6.96. The molecule has 0 aliphatic rings. The van der Waals surface area contributed by atoms with Crippen LogP contribution in [0.1, 0.15) is 15.9 Å². The number of aromatic nitrogens is 3. The third-order valence-electron chi connectivity index (χ3n) is 5.07. The lowest BCUT2D eigenvalue weighted by Crippen LogP contribution is -2.12. The Bertz CT molecular complexity index is 1400. The number of para-hydroxylation sites is 1. The molecule has 0 saturated heterocycles. The first-order valence-corrected chi connectivity index (χ1v) is 10.7. The van der Waals surface area contributed by atoms with Gasteiger partial charge in [-0.2, -0.15) is 4.98 Å². The van der Waals surface area contributed by atoms with Gasteiger partial charge in [0.1, 0.15) is 18.1 Å². The minimum atomic E-state index is -0.276. The van der Waals surface area contributed by atoms with Gasteiger partial charge >= 0.3 is 0 Å². The van der Waals surface area contributed by atoms with Gasteiger partial charge in [-0.1, -0.05) is 59.8 Å². The molecule has 0 bridgehead atoms. The fourth-order valence-electron chi connectivity index (χ4n) is 3.37. The number of pyridine rings is 1. The molecule has 5 rings (SSSR count). The normalized spacial score (nSPS) is 10.6. The molecule has 7 heteroatoms. The Kier molecular flexibility index (Phi) is 6.07. The lowest BCUT2D eigenvalue weighted by atomic mass is 10.1. The van der Waals surface area contributed by atoms with Crippen LogP contribution in [0, 0.1) is 0 Å². The van der Waals surface area contributed by atoms with E-state index in [0.717, 1.165) is 5.56 Å². The molecule has 166 valence electrons. The standard InChI is InChI=1S/C27H20N4O3/c32-26(20-11-8-12-21(17-20)33-18-19-9-2-1-3-10-19)29-23-14-5-4-13-22(23)27-30-25(31-34-27)24-15-6-7-16-28-24/h1-17H,18H2,(H,29,32). The molecule has 5 aromatic rings. The van der Waals surface area contributed by atoms with Crippen molar-refractivity contribution in [2.24, 2.45) is 0 Å². The molecule has 2 heterocycles. The van der Waals surface area contributed by atoms with Crippen molar-refractivity contribution < 1.29 is 14.1 Å². The first-order valence-electron chi connectivity index (χ1n) is 10.7. The minimum Gasteiger partial charge on any atom is -0.489 e. The van der Waals surface area contributed by atoms with E-state index in [1.54, 1.807) is 36.5 Å². The van der Waals surface area contributed by atoms with Gasteiger partial charge in [0.05, 0.1) is 11.3 Å². The van der Waals surface area contributed by atoms with Crippen molar-refractivity contribution in [3.63, 3.8) is 0 Å². The molecule has 34 heavy (non-hydrogen) atoms. The van der Waals surface area contributed by atoms with Gasteiger partial charge in [-0.3, -0.25) is 9.78 Å². The maximum atomic E-state index is 13.0. The van der Waals surface area contributed by atoms with Crippen LogP contribution in [-0.2, 0) is 6.61 Å². The van der Waals surface area contributed by atoms with E-state index in [2.05, 4.69) is 20.4 Å². The summed E-state index contributed by atoms with van der Waals surface area (Å²) in [5.41, 5.74) is 3.30. The zero-order valence-electron chi connectivity index (χ0n) is 18.1. The zero-order chi connectivity index (χ0) is 23.2. The van der Waals surface area contributed by atoms with Gasteiger partial charge < -0.3 is 14.6 Å². The topological polar surface area (TPSA) is 90.1 Å². The molecular formula is C27H20N4O3. The number of benzene rings is 3. The van der Waals surface area contributed by atoms with Crippen LogP contribution in [0.2, 0.25) is 0 Å². The zero-order valence-corrected chi connectivity index (χ0v) is 18.1. The molecule has 0 aliphatic carbocycles. The highest BCUT2D eigenvalue weighted by Gasteiger charge is 2.16. The van der Waals surface area contributed by atoms with Crippen molar-refractivity contribution in [3.05, 3.63) is 114 Å². The number of hydrogen-bond acceptors (Lipinski definition) is 6. The van der Waals surface area contributed by atoms with E-state index in [0.29, 0.717) is 40.7 Å². The van der Waals surface area contributed by atoms with Crippen molar-refractivity contribution in [2.45, 2.75) is 6.61 Å². The Morgan fingerprint density at radius 3 is 2.56 bits per heavy atom.